The van der Waals surface area contributed by atoms with Gasteiger partial charge in [-0.25, -0.2) is 4.98 Å². The normalized spacial score (nSPS) is 11.3. The van der Waals surface area contributed by atoms with E-state index in [0.29, 0.717) is 0 Å². The highest BCUT2D eigenvalue weighted by Gasteiger charge is 2.35. The quantitative estimate of drug-likeness (QED) is 0.658. The van der Waals surface area contributed by atoms with Crippen molar-refractivity contribution in [2.24, 2.45) is 5.73 Å². The molecule has 4 nitrogen and oxygen atoms in total. The molecule has 8 heteroatoms. The van der Waals surface area contributed by atoms with E-state index in [1.807, 2.05) is 0 Å². The lowest BCUT2D eigenvalue weighted by Gasteiger charge is -2.23. The van der Waals surface area contributed by atoms with Crippen molar-refractivity contribution >= 4 is 28.1 Å². The van der Waals surface area contributed by atoms with Crippen LogP contribution in [0.3, 0.4) is 0 Å². The molecule has 1 heterocycles. The summed E-state index contributed by atoms with van der Waals surface area (Å²) in [6.45, 7) is 0. The van der Waals surface area contributed by atoms with Gasteiger partial charge < -0.3 is 5.73 Å². The first-order valence-electron chi connectivity index (χ1n) is 5.11. The second-order valence-electron chi connectivity index (χ2n) is 3.55. The van der Waals surface area contributed by atoms with Crippen molar-refractivity contribution < 1.29 is 13.2 Å². The highest BCUT2D eigenvalue weighted by molar-refractivity contribution is 7.13. The molecule has 1 aromatic heterocycles. The highest BCUT2D eigenvalue weighted by atomic mass is 32.1. The number of nitrogens with two attached hydrogens (primary N) is 1. The smallest absolute Gasteiger partial charge is 0.369 e. The predicted octanol–water partition coefficient (Wildman–Crippen LogP) is 3.19. The van der Waals surface area contributed by atoms with E-state index in [-0.39, 0.29) is 10.8 Å². The zero-order chi connectivity index (χ0) is 14.0. The Morgan fingerprint density at radius 2 is 2.00 bits per heavy atom. The molecule has 0 unspecified atom stereocenters. The fourth-order valence-electron chi connectivity index (χ4n) is 1.57. The van der Waals surface area contributed by atoms with Gasteiger partial charge in [0.2, 0.25) is 0 Å². The van der Waals surface area contributed by atoms with E-state index in [4.69, 9.17) is 11.1 Å². The van der Waals surface area contributed by atoms with Crippen LogP contribution in [-0.2, 0) is 6.18 Å². The SMILES string of the molecule is N=C(N)N(c1nccs1)c1ccccc1C(F)(F)F. The maximum Gasteiger partial charge on any atom is 0.418 e. The van der Waals surface area contributed by atoms with Crippen molar-refractivity contribution in [2.45, 2.75) is 6.18 Å². The van der Waals surface area contributed by atoms with Gasteiger partial charge in [-0.1, -0.05) is 12.1 Å². The number of benzene rings is 1. The first-order valence-corrected chi connectivity index (χ1v) is 5.99. The van der Waals surface area contributed by atoms with Crippen molar-refractivity contribution in [2.75, 3.05) is 4.90 Å². The number of halogens is 3. The summed E-state index contributed by atoms with van der Waals surface area (Å²) in [6.07, 6.45) is -3.09. The van der Waals surface area contributed by atoms with Crippen LogP contribution in [0.5, 0.6) is 0 Å². The molecule has 0 spiro atoms. The fraction of sp³-hybridized carbons (Fsp3) is 0.0909. The monoisotopic (exact) mass is 286 g/mol. The molecule has 0 aliphatic rings. The average molecular weight is 286 g/mol. The van der Waals surface area contributed by atoms with Gasteiger partial charge >= 0.3 is 6.18 Å². The Morgan fingerprint density at radius 1 is 1.32 bits per heavy atom. The Morgan fingerprint density at radius 3 is 2.53 bits per heavy atom. The summed E-state index contributed by atoms with van der Waals surface area (Å²) in [7, 11) is 0. The fourth-order valence-corrected chi connectivity index (χ4v) is 2.24. The zero-order valence-corrected chi connectivity index (χ0v) is 10.3. The minimum atomic E-state index is -4.53. The van der Waals surface area contributed by atoms with Crippen molar-refractivity contribution in [3.8, 4) is 0 Å². The van der Waals surface area contributed by atoms with Crippen LogP contribution >= 0.6 is 11.3 Å². The summed E-state index contributed by atoms with van der Waals surface area (Å²) in [5, 5.41) is 9.28. The Labute approximate surface area is 110 Å². The third kappa shape index (κ3) is 2.68. The van der Waals surface area contributed by atoms with Gasteiger partial charge in [-0.05, 0) is 12.1 Å². The number of hydrogen-bond donors (Lipinski definition) is 2. The van der Waals surface area contributed by atoms with Crippen LogP contribution in [0.4, 0.5) is 24.0 Å². The van der Waals surface area contributed by atoms with Crippen LogP contribution < -0.4 is 10.6 Å². The molecule has 0 fully saturated rings. The topological polar surface area (TPSA) is 66.0 Å². The number of hydrogen-bond acceptors (Lipinski definition) is 3. The average Bonchev–Trinajstić information content (AvgIpc) is 2.81. The van der Waals surface area contributed by atoms with E-state index < -0.39 is 17.7 Å². The van der Waals surface area contributed by atoms with E-state index in [2.05, 4.69) is 4.98 Å². The highest BCUT2D eigenvalue weighted by Crippen LogP contribution is 2.39. The molecule has 0 bridgehead atoms. The Balaban J connectivity index is 2.59. The first-order chi connectivity index (χ1) is 8.91. The second-order valence-corrected chi connectivity index (χ2v) is 4.42. The van der Waals surface area contributed by atoms with Crippen LogP contribution in [0.25, 0.3) is 0 Å². The standard InChI is InChI=1S/C11H9F3N4S/c12-11(13,14)7-3-1-2-4-8(7)18(9(15)16)10-17-5-6-19-10/h1-6H,(H3,15,16). The number of nitrogens with one attached hydrogen (secondary N) is 1. The van der Waals surface area contributed by atoms with Gasteiger partial charge in [0, 0.05) is 11.6 Å². The van der Waals surface area contributed by atoms with E-state index in [1.165, 1.54) is 24.4 Å². The number of thiazole rings is 1. The van der Waals surface area contributed by atoms with Gasteiger partial charge in [0.1, 0.15) is 0 Å². The molecule has 1 aromatic carbocycles. The summed E-state index contributed by atoms with van der Waals surface area (Å²) < 4.78 is 38.9. The molecule has 0 amide bonds. The molecule has 2 aromatic rings. The maximum absolute atomic E-state index is 13.0. The molecule has 2 rings (SSSR count). The number of para-hydroxylation sites is 1. The molecule has 100 valence electrons. The lowest BCUT2D eigenvalue weighted by atomic mass is 10.1. The Bertz CT molecular complexity index is 580. The van der Waals surface area contributed by atoms with Gasteiger partial charge in [-0.15, -0.1) is 11.3 Å². The second kappa shape index (κ2) is 4.88. The lowest BCUT2D eigenvalue weighted by Crippen LogP contribution is -2.33. The van der Waals surface area contributed by atoms with E-state index in [0.717, 1.165) is 22.3 Å². The number of nitrogens with zero attached hydrogens (tertiary/aromatic N) is 2. The van der Waals surface area contributed by atoms with Gasteiger partial charge in [0.05, 0.1) is 11.3 Å². The van der Waals surface area contributed by atoms with E-state index >= 15 is 0 Å². The lowest BCUT2D eigenvalue weighted by molar-refractivity contribution is -0.137. The van der Waals surface area contributed by atoms with Gasteiger partial charge in [-0.2, -0.15) is 13.2 Å². The summed E-state index contributed by atoms with van der Waals surface area (Å²) >= 11 is 1.10. The van der Waals surface area contributed by atoms with Crippen molar-refractivity contribution in [3.63, 3.8) is 0 Å². The van der Waals surface area contributed by atoms with Gasteiger partial charge in [0.15, 0.2) is 11.1 Å². The van der Waals surface area contributed by atoms with Gasteiger partial charge in [0.25, 0.3) is 0 Å². The van der Waals surface area contributed by atoms with E-state index in [1.54, 1.807) is 5.38 Å². The molecule has 0 aliphatic heterocycles. The van der Waals surface area contributed by atoms with Crippen LogP contribution in [0.1, 0.15) is 5.56 Å². The maximum atomic E-state index is 13.0. The van der Waals surface area contributed by atoms with Crippen molar-refractivity contribution in [1.29, 1.82) is 5.41 Å². The number of anilines is 2. The first kappa shape index (κ1) is 13.3. The number of alkyl halides is 3. The molecule has 0 atom stereocenters. The Kier molecular flexibility index (Phi) is 3.43. The summed E-state index contributed by atoms with van der Waals surface area (Å²) in [5.74, 6) is -0.522. The summed E-state index contributed by atoms with van der Waals surface area (Å²) in [4.78, 5) is 4.86. The molecular formula is C11H9F3N4S. The number of aromatic nitrogens is 1. The van der Waals surface area contributed by atoms with E-state index in [9.17, 15) is 13.2 Å². The largest absolute Gasteiger partial charge is 0.418 e. The number of guanidine groups is 1. The van der Waals surface area contributed by atoms with Crippen molar-refractivity contribution in [3.05, 3.63) is 41.4 Å². The molecule has 0 aliphatic carbocycles. The molecule has 3 N–H and O–H groups in total. The molecule has 0 saturated heterocycles. The minimum Gasteiger partial charge on any atom is -0.369 e. The van der Waals surface area contributed by atoms with Gasteiger partial charge in [-0.3, -0.25) is 10.3 Å². The third-order valence-electron chi connectivity index (χ3n) is 2.30. The molecule has 0 radical (unpaired) electrons. The number of rotatable bonds is 2. The van der Waals surface area contributed by atoms with Crippen LogP contribution in [0, 0.1) is 5.41 Å². The van der Waals surface area contributed by atoms with Crippen LogP contribution in [-0.4, -0.2) is 10.9 Å². The van der Waals surface area contributed by atoms with Crippen LogP contribution in [0.15, 0.2) is 35.8 Å². The predicted molar refractivity (Wildman–Crippen MR) is 67.6 cm³/mol. The molecule has 19 heavy (non-hydrogen) atoms. The summed E-state index contributed by atoms with van der Waals surface area (Å²) in [5.41, 5.74) is 4.31. The third-order valence-corrected chi connectivity index (χ3v) is 3.06. The van der Waals surface area contributed by atoms with Crippen LogP contribution in [0.2, 0.25) is 0 Å². The zero-order valence-electron chi connectivity index (χ0n) is 9.48. The summed E-state index contributed by atoms with van der Waals surface area (Å²) in [6, 6.07) is 4.94. The molecule has 0 saturated carbocycles. The van der Waals surface area contributed by atoms with Crippen molar-refractivity contribution in [1.82, 2.24) is 4.98 Å². The minimum absolute atomic E-state index is 0.211. The molecular weight excluding hydrogens is 277 g/mol. The Hall–Kier alpha value is -2.09.